The minimum Gasteiger partial charge on any atom is -0.466 e. The van der Waals surface area contributed by atoms with Gasteiger partial charge in [0.15, 0.2) is 12.6 Å². The Labute approximate surface area is 414 Å². The molecule has 0 aromatic heterocycles. The van der Waals surface area contributed by atoms with Gasteiger partial charge in [-0.2, -0.15) is 0 Å². The van der Waals surface area contributed by atoms with Gasteiger partial charge in [0.05, 0.1) is 13.0 Å². The number of methoxy groups -OCH3 is 1. The molecular formula is C57H111NO9. The van der Waals surface area contributed by atoms with Gasteiger partial charge in [-0.1, -0.05) is 148 Å². The van der Waals surface area contributed by atoms with Crippen LogP contribution in [0, 0.1) is 0 Å². The lowest BCUT2D eigenvalue weighted by Gasteiger charge is -2.22. The molecule has 0 radical (unpaired) electrons. The number of allylic oxidation sites excluding steroid dienone is 4. The van der Waals surface area contributed by atoms with Crippen LogP contribution in [-0.2, 0) is 38.0 Å². The van der Waals surface area contributed by atoms with Gasteiger partial charge in [-0.25, -0.2) is 0 Å². The van der Waals surface area contributed by atoms with Gasteiger partial charge in [-0.3, -0.25) is 4.79 Å². The van der Waals surface area contributed by atoms with Crippen molar-refractivity contribution in [2.75, 3.05) is 73.0 Å². The van der Waals surface area contributed by atoms with Gasteiger partial charge in [0, 0.05) is 72.6 Å². The van der Waals surface area contributed by atoms with Crippen LogP contribution in [0.25, 0.3) is 0 Å². The molecule has 398 valence electrons. The Hall–Kier alpha value is -1.66. The van der Waals surface area contributed by atoms with E-state index in [9.17, 15) is 14.7 Å². The summed E-state index contributed by atoms with van der Waals surface area (Å²) in [4.78, 5) is 25.4. The number of aldehydes is 1. The first-order chi connectivity index (χ1) is 33.0. The van der Waals surface area contributed by atoms with Crippen LogP contribution in [0.15, 0.2) is 24.3 Å². The van der Waals surface area contributed by atoms with E-state index in [2.05, 4.69) is 56.9 Å². The summed E-state index contributed by atoms with van der Waals surface area (Å²) in [5, 5.41) is 9.26. The van der Waals surface area contributed by atoms with Crippen molar-refractivity contribution in [3.05, 3.63) is 24.3 Å². The number of hydrogen-bond acceptors (Lipinski definition) is 10. The highest BCUT2D eigenvalue weighted by molar-refractivity contribution is 5.69. The molecule has 0 fully saturated rings. The SMILES string of the molecule is CC/C=C\CCCCOC(CCC(=O)OCCCCCCCN(CCCO)CCCCCCCOC)OCCCC/C=C\CC.CCCCCCCCOC(CCC=O)OCCCCCCC. The second-order valence-corrected chi connectivity index (χ2v) is 18.2. The molecule has 0 aromatic carbocycles. The van der Waals surface area contributed by atoms with Crippen molar-refractivity contribution in [3.63, 3.8) is 0 Å². The van der Waals surface area contributed by atoms with Gasteiger partial charge < -0.3 is 43.2 Å². The van der Waals surface area contributed by atoms with E-state index < -0.39 is 0 Å². The molecule has 0 spiro atoms. The van der Waals surface area contributed by atoms with E-state index in [4.69, 9.17) is 28.4 Å². The molecule has 0 heterocycles. The van der Waals surface area contributed by atoms with E-state index in [-0.39, 0.29) is 25.2 Å². The van der Waals surface area contributed by atoms with Crippen molar-refractivity contribution in [1.29, 1.82) is 0 Å². The fourth-order valence-electron chi connectivity index (χ4n) is 7.58. The van der Waals surface area contributed by atoms with Crippen LogP contribution in [0.2, 0.25) is 0 Å². The topological polar surface area (TPSA) is 113 Å². The van der Waals surface area contributed by atoms with E-state index in [0.717, 1.165) is 142 Å². The van der Waals surface area contributed by atoms with Crippen molar-refractivity contribution in [2.24, 2.45) is 0 Å². The Balaban J connectivity index is 0. The summed E-state index contributed by atoms with van der Waals surface area (Å²) < 4.78 is 34.3. The maximum absolute atomic E-state index is 12.4. The summed E-state index contributed by atoms with van der Waals surface area (Å²) in [6.07, 6.45) is 46.3. The average molecular weight is 955 g/mol. The molecule has 1 N–H and O–H groups in total. The van der Waals surface area contributed by atoms with E-state index >= 15 is 0 Å². The van der Waals surface area contributed by atoms with E-state index in [1.165, 1.54) is 96.3 Å². The number of aliphatic hydroxyl groups is 1. The highest BCUT2D eigenvalue weighted by Crippen LogP contribution is 2.13. The molecule has 0 bridgehead atoms. The summed E-state index contributed by atoms with van der Waals surface area (Å²) in [6.45, 7) is 16.4. The zero-order chi connectivity index (χ0) is 49.2. The predicted molar refractivity (Wildman–Crippen MR) is 282 cm³/mol. The number of rotatable bonds is 54. The molecular weight excluding hydrogens is 843 g/mol. The number of hydrogen-bond donors (Lipinski definition) is 1. The number of nitrogens with zero attached hydrogens (tertiary/aromatic N) is 1. The van der Waals surface area contributed by atoms with Crippen molar-refractivity contribution < 1.29 is 43.1 Å². The zero-order valence-electron chi connectivity index (χ0n) is 44.8. The first-order valence-electron chi connectivity index (χ1n) is 28.2. The van der Waals surface area contributed by atoms with Gasteiger partial charge in [0.1, 0.15) is 6.29 Å². The molecule has 0 aliphatic heterocycles. The van der Waals surface area contributed by atoms with Crippen molar-refractivity contribution in [3.8, 4) is 0 Å². The van der Waals surface area contributed by atoms with Crippen molar-refractivity contribution in [2.45, 2.75) is 259 Å². The standard InChI is InChI=1S/C38H73NO6.C19H38O3/c1-4-6-8-10-17-24-35-44-38(45-36-25-18-11-9-7-5-2)28-27-37(41)43-34-23-19-13-15-21-30-39(31-26-32-40)29-20-14-12-16-22-33-42-3;1-3-5-7-9-11-13-18-22-19(15-14-16-20)21-17-12-10-8-6-4-2/h6-9,38,40H,4-5,10-36H2,1-3H3;16,19H,3-15,17-18H2,1-2H3/b8-6-,9-7-;. The molecule has 0 saturated heterocycles. The summed E-state index contributed by atoms with van der Waals surface area (Å²) in [7, 11) is 1.77. The molecule has 67 heavy (non-hydrogen) atoms. The molecule has 1 unspecified atom stereocenters. The zero-order valence-corrected chi connectivity index (χ0v) is 44.8. The highest BCUT2D eigenvalue weighted by Gasteiger charge is 2.14. The molecule has 0 aliphatic rings. The van der Waals surface area contributed by atoms with E-state index in [1.807, 2.05) is 0 Å². The predicted octanol–water partition coefficient (Wildman–Crippen LogP) is 14.8. The Bertz CT molecular complexity index is 988. The molecule has 0 aliphatic carbocycles. The Kier molecular flexibility index (Phi) is 60.8. The summed E-state index contributed by atoms with van der Waals surface area (Å²) in [5.74, 6) is -0.153. The number of carbonyl (C=O) groups is 2. The third kappa shape index (κ3) is 56.8. The maximum atomic E-state index is 12.4. The second-order valence-electron chi connectivity index (χ2n) is 18.2. The average Bonchev–Trinajstić information content (AvgIpc) is 3.34. The minimum atomic E-state index is -0.340. The monoisotopic (exact) mass is 954 g/mol. The maximum Gasteiger partial charge on any atom is 0.305 e. The van der Waals surface area contributed by atoms with Crippen molar-refractivity contribution >= 4 is 12.3 Å². The Morgan fingerprint density at radius 3 is 1.31 bits per heavy atom. The van der Waals surface area contributed by atoms with Gasteiger partial charge >= 0.3 is 5.97 Å². The van der Waals surface area contributed by atoms with Crippen LogP contribution in [0.5, 0.6) is 0 Å². The number of unbranched alkanes of at least 4 members (excludes halogenated alkanes) is 21. The first kappa shape index (κ1) is 67.4. The van der Waals surface area contributed by atoms with Gasteiger partial charge in [0.2, 0.25) is 0 Å². The Morgan fingerprint density at radius 1 is 0.463 bits per heavy atom. The summed E-state index contributed by atoms with van der Waals surface area (Å²) >= 11 is 0. The summed E-state index contributed by atoms with van der Waals surface area (Å²) in [5.41, 5.74) is 0. The molecule has 0 saturated carbocycles. The first-order valence-corrected chi connectivity index (χ1v) is 28.2. The fraction of sp³-hybridized carbons (Fsp3) is 0.895. The van der Waals surface area contributed by atoms with Crippen molar-refractivity contribution in [1.82, 2.24) is 4.90 Å². The molecule has 0 rings (SSSR count). The van der Waals surface area contributed by atoms with E-state index in [0.29, 0.717) is 45.5 Å². The molecule has 10 heteroatoms. The lowest BCUT2D eigenvalue weighted by atomic mass is 10.1. The second kappa shape index (κ2) is 60.5. The van der Waals surface area contributed by atoms with Crippen LogP contribution >= 0.6 is 0 Å². The van der Waals surface area contributed by atoms with Gasteiger partial charge in [-0.15, -0.1) is 0 Å². The lowest BCUT2D eigenvalue weighted by Crippen LogP contribution is -2.27. The quantitative estimate of drug-likeness (QED) is 0.0208. The van der Waals surface area contributed by atoms with E-state index in [1.54, 1.807) is 7.11 Å². The third-order valence-corrected chi connectivity index (χ3v) is 11.7. The lowest BCUT2D eigenvalue weighted by molar-refractivity contribution is -0.159. The smallest absolute Gasteiger partial charge is 0.305 e. The molecule has 10 nitrogen and oxygen atoms in total. The van der Waals surface area contributed by atoms with Crippen LogP contribution in [0.3, 0.4) is 0 Å². The van der Waals surface area contributed by atoms with Gasteiger partial charge in [-0.05, 0) is 109 Å². The van der Waals surface area contributed by atoms with Gasteiger partial charge in [0.25, 0.3) is 0 Å². The van der Waals surface area contributed by atoms with Crippen LogP contribution < -0.4 is 0 Å². The highest BCUT2D eigenvalue weighted by atomic mass is 16.7. The number of ether oxygens (including phenoxy) is 6. The number of aliphatic hydroxyl groups excluding tert-OH is 1. The van der Waals surface area contributed by atoms with Crippen LogP contribution in [0.1, 0.15) is 246 Å². The molecule has 1 atom stereocenters. The fourth-order valence-corrected chi connectivity index (χ4v) is 7.58. The normalized spacial score (nSPS) is 12.2. The molecule has 0 amide bonds. The Morgan fingerprint density at radius 2 is 0.866 bits per heavy atom. The molecule has 0 aromatic rings. The number of carbonyl (C=O) groups excluding carboxylic acids is 2. The van der Waals surface area contributed by atoms with Crippen LogP contribution in [-0.4, -0.2) is 108 Å². The third-order valence-electron chi connectivity index (χ3n) is 11.7. The minimum absolute atomic E-state index is 0.153. The number of esters is 1. The largest absolute Gasteiger partial charge is 0.466 e. The summed E-state index contributed by atoms with van der Waals surface area (Å²) in [6, 6.07) is 0. The van der Waals surface area contributed by atoms with Crippen LogP contribution in [0.4, 0.5) is 0 Å².